The van der Waals surface area contributed by atoms with E-state index in [2.05, 4.69) is 10.2 Å². The van der Waals surface area contributed by atoms with E-state index in [1.807, 2.05) is 0 Å². The number of nitrogens with zero attached hydrogens (tertiary/aromatic N) is 2. The molecule has 0 fully saturated rings. The zero-order valence-corrected chi connectivity index (χ0v) is 20.0. The van der Waals surface area contributed by atoms with Gasteiger partial charge >= 0.3 is 0 Å². The summed E-state index contributed by atoms with van der Waals surface area (Å²) in [4.78, 5) is 25.5. The van der Waals surface area contributed by atoms with Crippen LogP contribution in [0.25, 0.3) is 11.4 Å². The molecule has 0 aliphatic rings. The van der Waals surface area contributed by atoms with Crippen molar-refractivity contribution >= 4 is 20.2 Å². The number of nitrogens with one attached hydrogen (secondary N) is 2. The molecule has 0 atom stereocenters. The highest BCUT2D eigenvalue weighted by Crippen LogP contribution is 2.17. The van der Waals surface area contributed by atoms with Gasteiger partial charge in [0.2, 0.25) is 0 Å². The van der Waals surface area contributed by atoms with Crippen LogP contribution < -0.4 is 11.1 Å². The molecule has 0 amide bonds. The monoisotopic (exact) mass is 520 g/mol. The summed E-state index contributed by atoms with van der Waals surface area (Å²) in [6.07, 6.45) is -0.00542. The van der Waals surface area contributed by atoms with Crippen molar-refractivity contribution in [1.82, 2.24) is 19.6 Å². The largest absolute Gasteiger partial charge is 0.295 e. The smallest absolute Gasteiger partial charge is 0.294 e. The normalized spacial score (nSPS) is 12.2. The van der Waals surface area contributed by atoms with Crippen LogP contribution in [0.5, 0.6) is 0 Å². The summed E-state index contributed by atoms with van der Waals surface area (Å²) in [5, 5.41) is 5.80. The number of aromatic amines is 2. The lowest BCUT2D eigenvalue weighted by atomic mass is 10.1. The summed E-state index contributed by atoms with van der Waals surface area (Å²) in [7, 11) is -8.75. The lowest BCUT2D eigenvalue weighted by Crippen LogP contribution is -2.21. The van der Waals surface area contributed by atoms with Gasteiger partial charge in [0.1, 0.15) is 0 Å². The minimum absolute atomic E-state index is 0.00542. The molecule has 184 valence electrons. The molecule has 4 N–H and O–H groups in total. The van der Waals surface area contributed by atoms with Crippen molar-refractivity contribution in [1.29, 1.82) is 0 Å². The Balaban J connectivity index is 1.69. The zero-order chi connectivity index (χ0) is 25.7. The molecule has 0 aliphatic heterocycles. The molecule has 0 saturated heterocycles. The Bertz CT molecular complexity index is 1620. The van der Waals surface area contributed by atoms with E-state index in [4.69, 9.17) is 9.11 Å². The van der Waals surface area contributed by atoms with Crippen LogP contribution in [0.15, 0.2) is 67.9 Å². The van der Waals surface area contributed by atoms with E-state index in [-0.39, 0.29) is 16.2 Å². The van der Waals surface area contributed by atoms with E-state index in [1.165, 1.54) is 33.6 Å². The first kappa shape index (κ1) is 24.4. The molecule has 0 spiro atoms. The molecular formula is C21H20N4O8S2. The van der Waals surface area contributed by atoms with Crippen LogP contribution in [0, 0.1) is 13.8 Å². The maximum Gasteiger partial charge on any atom is 0.294 e. The van der Waals surface area contributed by atoms with Crippen molar-refractivity contribution in [2.45, 2.75) is 30.1 Å². The summed E-state index contributed by atoms with van der Waals surface area (Å²) >= 11 is 0. The van der Waals surface area contributed by atoms with Crippen molar-refractivity contribution in [3.05, 3.63) is 91.8 Å². The number of rotatable bonds is 6. The number of aryl methyl sites for hydroxylation is 2. The number of benzene rings is 2. The van der Waals surface area contributed by atoms with Crippen molar-refractivity contribution in [3.63, 3.8) is 0 Å². The molecule has 35 heavy (non-hydrogen) atoms. The fourth-order valence-corrected chi connectivity index (χ4v) is 4.61. The molecule has 0 bridgehead atoms. The Kier molecular flexibility index (Phi) is 5.92. The van der Waals surface area contributed by atoms with Gasteiger partial charge in [-0.3, -0.25) is 28.9 Å². The molecule has 4 rings (SSSR count). The Morgan fingerprint density at radius 1 is 0.657 bits per heavy atom. The van der Waals surface area contributed by atoms with Gasteiger partial charge < -0.3 is 0 Å². The molecule has 2 aromatic heterocycles. The Hall–Kier alpha value is -3.72. The van der Waals surface area contributed by atoms with Gasteiger partial charge in [-0.1, -0.05) is 0 Å². The van der Waals surface area contributed by atoms with Crippen LogP contribution in [0.2, 0.25) is 0 Å². The summed E-state index contributed by atoms with van der Waals surface area (Å²) in [6, 6.07) is 10.1. The number of hydrogen-bond donors (Lipinski definition) is 4. The number of hydrogen-bond acceptors (Lipinski definition) is 6. The Labute approximate surface area is 198 Å². The molecular weight excluding hydrogens is 500 g/mol. The van der Waals surface area contributed by atoms with Gasteiger partial charge in [0.05, 0.1) is 21.2 Å². The molecule has 4 aromatic rings. The molecule has 2 heterocycles. The quantitative estimate of drug-likeness (QED) is 0.274. The molecule has 14 heteroatoms. The summed E-state index contributed by atoms with van der Waals surface area (Å²) in [5.74, 6) is 0. The highest BCUT2D eigenvalue weighted by Gasteiger charge is 2.20. The van der Waals surface area contributed by atoms with Gasteiger partial charge in [0.25, 0.3) is 31.4 Å². The molecule has 0 aliphatic carbocycles. The molecule has 0 saturated carbocycles. The second-order valence-electron chi connectivity index (χ2n) is 7.83. The van der Waals surface area contributed by atoms with Crippen molar-refractivity contribution in [2.75, 3.05) is 0 Å². The van der Waals surface area contributed by atoms with Gasteiger partial charge in [-0.05, 0) is 62.4 Å². The minimum atomic E-state index is -4.38. The molecule has 2 aromatic carbocycles. The second kappa shape index (κ2) is 8.49. The van der Waals surface area contributed by atoms with Gasteiger partial charge in [-0.15, -0.1) is 0 Å². The van der Waals surface area contributed by atoms with Crippen molar-refractivity contribution in [2.24, 2.45) is 0 Å². The van der Waals surface area contributed by atoms with Crippen LogP contribution in [0.3, 0.4) is 0 Å². The molecule has 0 unspecified atom stereocenters. The van der Waals surface area contributed by atoms with Gasteiger partial charge in [-0.25, -0.2) is 9.36 Å². The third kappa shape index (κ3) is 4.64. The van der Waals surface area contributed by atoms with Gasteiger partial charge in [-0.2, -0.15) is 16.8 Å². The SMILES string of the molecule is Cc1[nH]n(-c2ccc(S(=O)(=O)O)cc2)c(=O)c1Cc1c(C)[nH]n(-c2ccc(S(=O)(=O)O)cc2)c1=O. The lowest BCUT2D eigenvalue weighted by molar-refractivity contribution is 0.481. The van der Waals surface area contributed by atoms with E-state index < -0.39 is 31.4 Å². The Morgan fingerprint density at radius 3 is 1.26 bits per heavy atom. The van der Waals surface area contributed by atoms with E-state index in [1.54, 1.807) is 13.8 Å². The fourth-order valence-electron chi connectivity index (χ4n) is 3.65. The predicted octanol–water partition coefficient (Wildman–Crippen LogP) is 1.35. The predicted molar refractivity (Wildman–Crippen MR) is 125 cm³/mol. The van der Waals surface area contributed by atoms with E-state index in [0.717, 1.165) is 24.3 Å². The van der Waals surface area contributed by atoms with Crippen molar-refractivity contribution in [3.8, 4) is 11.4 Å². The highest BCUT2D eigenvalue weighted by molar-refractivity contribution is 7.86. The van der Waals surface area contributed by atoms with Crippen LogP contribution in [0.1, 0.15) is 22.5 Å². The first-order valence-electron chi connectivity index (χ1n) is 10.0. The average Bonchev–Trinajstić information content (AvgIpc) is 3.23. The molecule has 0 radical (unpaired) electrons. The van der Waals surface area contributed by atoms with Crippen LogP contribution in [-0.2, 0) is 26.7 Å². The standard InChI is InChI=1S/C21H20N4O8S2/c1-12-18(20(26)24(22-12)14-3-7-16(8-4-14)34(28,29)30)11-19-13(2)23-25(21(19)27)15-5-9-17(10-6-15)35(31,32)33/h3-10,22-23H,11H2,1-2H3,(H,28,29,30)(H,31,32,33). The summed E-state index contributed by atoms with van der Waals surface area (Å²) in [5.41, 5.74) is 1.42. The first-order chi connectivity index (χ1) is 16.3. The van der Waals surface area contributed by atoms with Gasteiger partial charge in [0, 0.05) is 28.9 Å². The Morgan fingerprint density at radius 2 is 0.971 bits per heavy atom. The number of H-pyrrole nitrogens is 2. The summed E-state index contributed by atoms with van der Waals surface area (Å²) in [6.45, 7) is 3.32. The molecule has 12 nitrogen and oxygen atoms in total. The second-order valence-corrected chi connectivity index (χ2v) is 10.7. The van der Waals surface area contributed by atoms with Crippen LogP contribution >= 0.6 is 0 Å². The summed E-state index contributed by atoms with van der Waals surface area (Å²) < 4.78 is 65.6. The number of aromatic nitrogens is 4. The highest BCUT2D eigenvalue weighted by atomic mass is 32.2. The third-order valence-corrected chi connectivity index (χ3v) is 7.26. The first-order valence-corrected chi connectivity index (χ1v) is 12.9. The maximum atomic E-state index is 13.1. The van der Waals surface area contributed by atoms with E-state index in [9.17, 15) is 26.4 Å². The van der Waals surface area contributed by atoms with Crippen LogP contribution in [0.4, 0.5) is 0 Å². The minimum Gasteiger partial charge on any atom is -0.295 e. The van der Waals surface area contributed by atoms with E-state index >= 15 is 0 Å². The zero-order valence-electron chi connectivity index (χ0n) is 18.4. The van der Waals surface area contributed by atoms with E-state index in [0.29, 0.717) is 33.9 Å². The van der Waals surface area contributed by atoms with Gasteiger partial charge in [0.15, 0.2) is 0 Å². The third-order valence-electron chi connectivity index (χ3n) is 5.53. The average molecular weight is 521 g/mol. The lowest BCUT2D eigenvalue weighted by Gasteiger charge is -2.02. The van der Waals surface area contributed by atoms with Crippen LogP contribution in [-0.4, -0.2) is 45.5 Å². The van der Waals surface area contributed by atoms with Crippen molar-refractivity contribution < 1.29 is 25.9 Å². The maximum absolute atomic E-state index is 13.1. The fraction of sp³-hybridized carbons (Fsp3) is 0.143. The topological polar surface area (TPSA) is 184 Å².